The number of aromatic amines is 1. The smallest absolute Gasteiger partial charge is 0.332 e. The molecule has 1 N–H and O–H groups in total. The number of carbonyl (C=O) groups is 1. The molecule has 3 aromatic heterocycles. The summed E-state index contributed by atoms with van der Waals surface area (Å²) in [6.45, 7) is 5.74. The van der Waals surface area contributed by atoms with Crippen molar-refractivity contribution >= 4 is 22.8 Å². The molecule has 1 aliphatic rings. The SMILES string of the molecule is CCCn1c(=O)c2[nH]c(-c3cnn(CC4CC(=O)N(c5ccc(F)cc5)C4)c3)nc2n(CCC)c1=O. The summed E-state index contributed by atoms with van der Waals surface area (Å²) in [6.07, 6.45) is 5.24. The van der Waals surface area contributed by atoms with E-state index in [9.17, 15) is 18.8 Å². The first kappa shape index (κ1) is 23.7. The third-order valence-corrected chi connectivity index (χ3v) is 6.45. The molecule has 0 aliphatic carbocycles. The van der Waals surface area contributed by atoms with Crippen LogP contribution in [0.25, 0.3) is 22.6 Å². The molecule has 4 aromatic rings. The number of H-pyrrole nitrogens is 1. The Kier molecular flexibility index (Phi) is 6.29. The van der Waals surface area contributed by atoms with Gasteiger partial charge in [0.25, 0.3) is 5.56 Å². The second-order valence-corrected chi connectivity index (χ2v) is 9.18. The molecule has 0 bridgehead atoms. The van der Waals surface area contributed by atoms with Crippen molar-refractivity contribution in [1.82, 2.24) is 28.9 Å². The molecule has 1 aromatic carbocycles. The van der Waals surface area contributed by atoms with Gasteiger partial charge in [0, 0.05) is 50.4 Å². The topological polar surface area (TPSA) is 111 Å². The molecule has 10 nitrogen and oxygen atoms in total. The summed E-state index contributed by atoms with van der Waals surface area (Å²) in [5, 5.41) is 4.43. The minimum atomic E-state index is -0.374. The van der Waals surface area contributed by atoms with E-state index >= 15 is 0 Å². The minimum Gasteiger partial charge on any atom is -0.332 e. The first-order valence-corrected chi connectivity index (χ1v) is 12.2. The number of nitrogens with one attached hydrogen (secondary N) is 1. The van der Waals surface area contributed by atoms with Crippen molar-refractivity contribution in [3.05, 3.63) is 63.3 Å². The molecule has 11 heteroatoms. The molecule has 188 valence electrons. The van der Waals surface area contributed by atoms with Crippen LogP contribution in [0.1, 0.15) is 33.1 Å². The van der Waals surface area contributed by atoms with Gasteiger partial charge in [-0.25, -0.2) is 14.2 Å². The number of imidazole rings is 1. The third kappa shape index (κ3) is 4.25. The highest BCUT2D eigenvalue weighted by Gasteiger charge is 2.31. The summed E-state index contributed by atoms with van der Waals surface area (Å²) in [4.78, 5) is 47.8. The molecular weight excluding hydrogens is 465 g/mol. The van der Waals surface area contributed by atoms with E-state index in [1.165, 1.54) is 16.7 Å². The van der Waals surface area contributed by atoms with E-state index in [2.05, 4.69) is 15.1 Å². The van der Waals surface area contributed by atoms with Gasteiger partial charge in [-0.05, 0) is 37.1 Å². The molecular formula is C25H28FN7O3. The van der Waals surface area contributed by atoms with Crippen LogP contribution in [0, 0.1) is 11.7 Å². The van der Waals surface area contributed by atoms with Gasteiger partial charge < -0.3 is 9.88 Å². The third-order valence-electron chi connectivity index (χ3n) is 6.45. The highest BCUT2D eigenvalue weighted by Crippen LogP contribution is 2.27. The fraction of sp³-hybridized carbons (Fsp3) is 0.400. The van der Waals surface area contributed by atoms with E-state index in [4.69, 9.17) is 0 Å². The Morgan fingerprint density at radius 1 is 1.06 bits per heavy atom. The van der Waals surface area contributed by atoms with Gasteiger partial charge in [-0.15, -0.1) is 0 Å². The predicted octanol–water partition coefficient (Wildman–Crippen LogP) is 2.76. The minimum absolute atomic E-state index is 0.00599. The number of hydrogen-bond acceptors (Lipinski definition) is 5. The van der Waals surface area contributed by atoms with E-state index in [1.807, 2.05) is 20.0 Å². The number of benzene rings is 1. The molecule has 5 rings (SSSR count). The largest absolute Gasteiger partial charge is 0.332 e. The summed E-state index contributed by atoms with van der Waals surface area (Å²) >= 11 is 0. The van der Waals surface area contributed by atoms with Crippen LogP contribution >= 0.6 is 0 Å². The van der Waals surface area contributed by atoms with Gasteiger partial charge in [0.1, 0.15) is 17.2 Å². The summed E-state index contributed by atoms with van der Waals surface area (Å²) in [7, 11) is 0. The van der Waals surface area contributed by atoms with Gasteiger partial charge in [0.2, 0.25) is 5.91 Å². The molecule has 1 fully saturated rings. The van der Waals surface area contributed by atoms with Crippen LogP contribution in [0.5, 0.6) is 0 Å². The number of halogens is 1. The molecule has 1 atom stereocenters. The number of amides is 1. The van der Waals surface area contributed by atoms with Crippen LogP contribution in [-0.4, -0.2) is 41.3 Å². The number of carbonyl (C=O) groups excluding carboxylic acids is 1. The number of nitrogens with zero attached hydrogens (tertiary/aromatic N) is 6. The average Bonchev–Trinajstić information content (AvgIpc) is 3.59. The molecule has 0 radical (unpaired) electrons. The zero-order valence-electron chi connectivity index (χ0n) is 20.3. The van der Waals surface area contributed by atoms with Crippen LogP contribution in [-0.2, 0) is 24.4 Å². The van der Waals surface area contributed by atoms with Crippen LogP contribution in [0.15, 0.2) is 46.2 Å². The van der Waals surface area contributed by atoms with Crippen LogP contribution in [0.3, 0.4) is 0 Å². The van der Waals surface area contributed by atoms with Crippen molar-refractivity contribution in [2.75, 3.05) is 11.4 Å². The summed E-state index contributed by atoms with van der Waals surface area (Å²) in [6, 6.07) is 5.91. The maximum atomic E-state index is 13.2. The number of aryl methyl sites for hydroxylation is 1. The fourth-order valence-electron chi connectivity index (χ4n) is 4.77. The van der Waals surface area contributed by atoms with E-state index in [-0.39, 0.29) is 28.9 Å². The maximum absolute atomic E-state index is 13.2. The van der Waals surface area contributed by atoms with E-state index in [1.54, 1.807) is 32.5 Å². The molecule has 1 saturated heterocycles. The molecule has 1 aliphatic heterocycles. The van der Waals surface area contributed by atoms with Crippen molar-refractivity contribution in [1.29, 1.82) is 0 Å². The lowest BCUT2D eigenvalue weighted by atomic mass is 10.1. The molecule has 0 spiro atoms. The number of rotatable bonds is 8. The van der Waals surface area contributed by atoms with Crippen molar-refractivity contribution in [3.63, 3.8) is 0 Å². The Labute approximate surface area is 206 Å². The number of fused-ring (bicyclic) bond motifs is 1. The first-order valence-electron chi connectivity index (χ1n) is 12.2. The first-order chi connectivity index (χ1) is 17.4. The Bertz CT molecular complexity index is 1530. The lowest BCUT2D eigenvalue weighted by Crippen LogP contribution is -2.40. The van der Waals surface area contributed by atoms with Gasteiger partial charge in [-0.2, -0.15) is 5.10 Å². The Morgan fingerprint density at radius 3 is 2.50 bits per heavy atom. The lowest BCUT2D eigenvalue weighted by Gasteiger charge is -2.16. The molecule has 36 heavy (non-hydrogen) atoms. The molecule has 1 amide bonds. The molecule has 0 saturated carbocycles. The zero-order chi connectivity index (χ0) is 25.4. The highest BCUT2D eigenvalue weighted by molar-refractivity contribution is 5.95. The number of aromatic nitrogens is 6. The second kappa shape index (κ2) is 9.56. The number of hydrogen-bond donors (Lipinski definition) is 1. The summed E-state index contributed by atoms with van der Waals surface area (Å²) in [5.74, 6) is 0.158. The Morgan fingerprint density at radius 2 is 1.78 bits per heavy atom. The van der Waals surface area contributed by atoms with Crippen molar-refractivity contribution in [3.8, 4) is 11.4 Å². The standard InChI is InChI=1S/C25H28FN7O3/c1-3-9-31-23-21(24(35)32(10-4-2)25(31)36)28-22(29-23)17-12-27-30(15-17)13-16-11-20(34)33(14-16)19-7-5-18(26)6-8-19/h5-8,12,15-16H,3-4,9-11,13-14H2,1-2H3,(H,28,29). The highest BCUT2D eigenvalue weighted by atomic mass is 19.1. The molecule has 4 heterocycles. The maximum Gasteiger partial charge on any atom is 0.332 e. The summed E-state index contributed by atoms with van der Waals surface area (Å²) in [5.41, 5.74) is 1.29. The van der Waals surface area contributed by atoms with Crippen molar-refractivity contribution < 1.29 is 9.18 Å². The fourth-order valence-corrected chi connectivity index (χ4v) is 4.77. The van der Waals surface area contributed by atoms with Gasteiger partial charge in [0.05, 0.1) is 11.8 Å². The van der Waals surface area contributed by atoms with Gasteiger partial charge in [0.15, 0.2) is 5.65 Å². The van der Waals surface area contributed by atoms with Crippen molar-refractivity contribution in [2.45, 2.75) is 52.7 Å². The Hall–Kier alpha value is -4.02. The number of anilines is 1. The van der Waals surface area contributed by atoms with Crippen LogP contribution < -0.4 is 16.1 Å². The normalized spacial score (nSPS) is 15.9. The van der Waals surface area contributed by atoms with Crippen LogP contribution in [0.2, 0.25) is 0 Å². The Balaban J connectivity index is 1.39. The van der Waals surface area contributed by atoms with E-state index < -0.39 is 0 Å². The van der Waals surface area contributed by atoms with Gasteiger partial charge >= 0.3 is 5.69 Å². The quantitative estimate of drug-likeness (QED) is 0.406. The lowest BCUT2D eigenvalue weighted by molar-refractivity contribution is -0.117. The van der Waals surface area contributed by atoms with Gasteiger partial charge in [-0.3, -0.25) is 23.4 Å². The van der Waals surface area contributed by atoms with Crippen molar-refractivity contribution in [2.24, 2.45) is 5.92 Å². The second-order valence-electron chi connectivity index (χ2n) is 9.18. The zero-order valence-corrected chi connectivity index (χ0v) is 20.3. The average molecular weight is 494 g/mol. The molecule has 1 unspecified atom stereocenters. The predicted molar refractivity (Wildman–Crippen MR) is 133 cm³/mol. The van der Waals surface area contributed by atoms with E-state index in [0.717, 1.165) is 6.42 Å². The summed E-state index contributed by atoms with van der Waals surface area (Å²) < 4.78 is 17.8. The van der Waals surface area contributed by atoms with Gasteiger partial charge in [-0.1, -0.05) is 13.8 Å². The van der Waals surface area contributed by atoms with E-state index in [0.29, 0.717) is 67.3 Å². The monoisotopic (exact) mass is 493 g/mol. The van der Waals surface area contributed by atoms with Crippen LogP contribution in [0.4, 0.5) is 10.1 Å².